The minimum atomic E-state index is -1.10. The Morgan fingerprint density at radius 3 is 1.63 bits per heavy atom. The van der Waals surface area contributed by atoms with E-state index in [0.717, 1.165) is 22.7 Å². The molecule has 3 aromatic heterocycles. The van der Waals surface area contributed by atoms with Crippen LogP contribution >= 0.6 is 22.7 Å². The smallest absolute Gasteiger partial charge is 0.347 e. The second-order valence-electron chi connectivity index (χ2n) is 12.1. The quantitative estimate of drug-likeness (QED) is 0.0946. The van der Waals surface area contributed by atoms with Crippen molar-refractivity contribution < 1.29 is 63.7 Å². The van der Waals surface area contributed by atoms with Gasteiger partial charge in [0.1, 0.15) is 51.6 Å². The number of phenols is 3. The summed E-state index contributed by atoms with van der Waals surface area (Å²) in [5.74, 6) is -4.15. The van der Waals surface area contributed by atoms with Gasteiger partial charge in [0.15, 0.2) is 0 Å². The Morgan fingerprint density at radius 1 is 0.649 bits per heavy atom. The fourth-order valence-electron chi connectivity index (χ4n) is 5.32. The van der Waals surface area contributed by atoms with Crippen molar-refractivity contribution >= 4 is 72.9 Å². The third-order valence-corrected chi connectivity index (χ3v) is 10.2. The molecule has 0 aliphatic rings. The van der Waals surface area contributed by atoms with Crippen molar-refractivity contribution in [3.8, 4) is 34.5 Å². The maximum atomic E-state index is 12.0. The molecule has 0 radical (unpaired) electrons. The average Bonchev–Trinajstić information content (AvgIpc) is 3.13. The van der Waals surface area contributed by atoms with Gasteiger partial charge in [0.2, 0.25) is 9.48 Å². The first-order valence-corrected chi connectivity index (χ1v) is 18.3. The van der Waals surface area contributed by atoms with Crippen LogP contribution in [0.25, 0.3) is 32.3 Å². The van der Waals surface area contributed by atoms with E-state index < -0.39 is 35.4 Å². The van der Waals surface area contributed by atoms with Crippen molar-refractivity contribution in [3.05, 3.63) is 99.6 Å². The van der Waals surface area contributed by atoms with Gasteiger partial charge in [-0.25, -0.2) is 4.79 Å². The Morgan fingerprint density at radius 2 is 1.12 bits per heavy atom. The number of hydrogen-bond donors (Lipinski definition) is 6. The number of benzene rings is 3. The van der Waals surface area contributed by atoms with Gasteiger partial charge in [-0.15, -0.1) is 0 Å². The van der Waals surface area contributed by atoms with Crippen LogP contribution in [0.15, 0.2) is 73.4 Å². The van der Waals surface area contributed by atoms with E-state index in [1.165, 1.54) is 58.4 Å². The Bertz CT molecular complexity index is 2550. The number of aliphatic carboxylic acids is 3. The lowest BCUT2D eigenvalue weighted by Gasteiger charge is -2.08. The Kier molecular flexibility index (Phi) is 13.8. The number of carboxylic acid groups (broad SMARTS) is 3. The van der Waals surface area contributed by atoms with Gasteiger partial charge >= 0.3 is 23.5 Å². The van der Waals surface area contributed by atoms with Crippen molar-refractivity contribution in [2.45, 2.75) is 39.0 Å². The summed E-state index contributed by atoms with van der Waals surface area (Å²) in [4.78, 5) is 69.1. The Labute approximate surface area is 329 Å². The summed E-state index contributed by atoms with van der Waals surface area (Å²) >= 11 is 1.66. The van der Waals surface area contributed by atoms with E-state index in [-0.39, 0.29) is 55.1 Å². The first-order valence-electron chi connectivity index (χ1n) is 16.7. The second kappa shape index (κ2) is 18.3. The number of carbonyl (C=O) groups is 3. The maximum absolute atomic E-state index is 12.0. The second-order valence-corrected chi connectivity index (χ2v) is 14.3. The van der Waals surface area contributed by atoms with Crippen molar-refractivity contribution in [2.24, 2.45) is 0 Å². The van der Waals surface area contributed by atoms with Crippen LogP contribution in [-0.4, -0.2) is 69.4 Å². The van der Waals surface area contributed by atoms with Gasteiger partial charge in [0.05, 0.1) is 43.9 Å². The molecule has 6 N–H and O–H groups in total. The van der Waals surface area contributed by atoms with Gasteiger partial charge in [-0.05, 0) is 73.3 Å². The van der Waals surface area contributed by atoms with E-state index in [1.807, 2.05) is 6.92 Å². The number of methoxy groups -OCH3 is 2. The summed E-state index contributed by atoms with van der Waals surface area (Å²) < 4.78 is 19.5. The lowest BCUT2D eigenvalue weighted by Crippen LogP contribution is -2.11. The van der Waals surface area contributed by atoms with Crippen molar-refractivity contribution in [2.75, 3.05) is 20.8 Å². The number of phenolic OH excluding ortho intramolecular Hbond substituents is 3. The summed E-state index contributed by atoms with van der Waals surface area (Å²) in [6.45, 7) is 5.17. The Hall–Kier alpha value is -6.66. The molecule has 0 fully saturated rings. The molecular formula is C39H36O16S2. The molecule has 0 saturated heterocycles. The van der Waals surface area contributed by atoms with E-state index in [9.17, 15) is 44.1 Å². The molecule has 16 nitrogen and oxygen atoms in total. The summed E-state index contributed by atoms with van der Waals surface area (Å²) in [5.41, 5.74) is -0.777. The minimum Gasteiger partial charge on any atom is -0.507 e. The van der Waals surface area contributed by atoms with E-state index >= 15 is 0 Å². The van der Waals surface area contributed by atoms with Crippen LogP contribution in [0.1, 0.15) is 48.1 Å². The SMILES string of the molecule is CCOc1cc(O)c2c(=O)sc(CC(=O)O)cc2c1.COc1cc(O)c2c(=O)oc(C(C)C(=O)O)cc2c1.COc1cc(O)c2c(=O)sc(C(C)C(=O)O)cc2c1. The van der Waals surface area contributed by atoms with Crippen LogP contribution in [0.2, 0.25) is 0 Å². The van der Waals surface area contributed by atoms with E-state index in [2.05, 4.69) is 0 Å². The van der Waals surface area contributed by atoms with Crippen molar-refractivity contribution in [3.63, 3.8) is 0 Å². The summed E-state index contributed by atoms with van der Waals surface area (Å²) in [6.07, 6.45) is -0.213. The van der Waals surface area contributed by atoms with E-state index in [1.54, 1.807) is 24.3 Å². The predicted molar refractivity (Wildman–Crippen MR) is 211 cm³/mol. The number of ether oxygens (including phenoxy) is 3. The van der Waals surface area contributed by atoms with Crippen molar-refractivity contribution in [1.82, 2.24) is 0 Å². The van der Waals surface area contributed by atoms with Gasteiger partial charge in [-0.3, -0.25) is 24.0 Å². The molecule has 0 spiro atoms. The highest BCUT2D eigenvalue weighted by molar-refractivity contribution is 7.10. The van der Waals surface area contributed by atoms with Crippen LogP contribution in [0, 0.1) is 0 Å². The molecule has 0 aliphatic carbocycles. The number of hydrogen-bond acceptors (Lipinski definition) is 15. The molecule has 300 valence electrons. The van der Waals surface area contributed by atoms with Gasteiger partial charge in [-0.1, -0.05) is 22.7 Å². The zero-order chi connectivity index (χ0) is 42.3. The molecule has 6 rings (SSSR count). The van der Waals surface area contributed by atoms with Gasteiger partial charge in [0, 0.05) is 28.0 Å². The molecule has 2 unspecified atom stereocenters. The molecule has 0 aliphatic heterocycles. The molecule has 18 heteroatoms. The maximum Gasteiger partial charge on any atom is 0.347 e. The third kappa shape index (κ3) is 10.2. The van der Waals surface area contributed by atoms with Crippen LogP contribution in [0.3, 0.4) is 0 Å². The minimum absolute atomic E-state index is 0.00198. The zero-order valence-electron chi connectivity index (χ0n) is 30.8. The highest BCUT2D eigenvalue weighted by Gasteiger charge is 2.21. The summed E-state index contributed by atoms with van der Waals surface area (Å²) in [7, 11) is 2.87. The van der Waals surface area contributed by atoms with Crippen LogP contribution < -0.4 is 29.3 Å². The standard InChI is InChI=1S/C13H12O6.2C13H12O5S/c2*1-6(12(15)16)10-4-7-3-8(18-2)5-9(14)11(7)13(17)19-10;1-2-18-8-3-7-4-9(6-11(15)16)19-13(17)12(7)10(14)5-8/h2*3-6,14H,1-2H3,(H,15,16);3-5,14H,2,6H2,1H3,(H,15,16). The van der Waals surface area contributed by atoms with Crippen molar-refractivity contribution in [1.29, 1.82) is 0 Å². The Balaban J connectivity index is 0.000000189. The number of rotatable bonds is 10. The first kappa shape index (κ1) is 43.1. The zero-order valence-corrected chi connectivity index (χ0v) is 32.5. The molecular weight excluding hydrogens is 789 g/mol. The molecule has 0 amide bonds. The van der Waals surface area contributed by atoms with E-state index in [0.29, 0.717) is 49.8 Å². The molecule has 6 aromatic rings. The lowest BCUT2D eigenvalue weighted by atomic mass is 10.1. The predicted octanol–water partition coefficient (Wildman–Crippen LogP) is 5.85. The molecule has 57 heavy (non-hydrogen) atoms. The number of carboxylic acids is 3. The lowest BCUT2D eigenvalue weighted by molar-refractivity contribution is -0.139. The molecule has 3 aromatic carbocycles. The molecule has 0 saturated carbocycles. The fourth-order valence-corrected chi connectivity index (χ4v) is 7.27. The number of fused-ring (bicyclic) bond motifs is 3. The van der Waals surface area contributed by atoms with Crippen LogP contribution in [-0.2, 0) is 20.8 Å². The molecule has 2 atom stereocenters. The van der Waals surface area contributed by atoms with Crippen LogP contribution in [0.5, 0.6) is 34.5 Å². The topological polar surface area (TPSA) is 265 Å². The average molecular weight is 825 g/mol. The van der Waals surface area contributed by atoms with Gasteiger partial charge in [-0.2, -0.15) is 0 Å². The summed E-state index contributed by atoms with van der Waals surface area (Å²) in [6, 6.07) is 13.4. The molecule has 0 bridgehead atoms. The first-order chi connectivity index (χ1) is 26.9. The fraction of sp³-hybridized carbons (Fsp3) is 0.231. The normalized spacial score (nSPS) is 11.7. The van der Waals surface area contributed by atoms with Gasteiger partial charge in [0.25, 0.3) is 0 Å². The van der Waals surface area contributed by atoms with Gasteiger partial charge < -0.3 is 49.3 Å². The monoisotopic (exact) mass is 824 g/mol. The molecule has 3 heterocycles. The third-order valence-electron chi connectivity index (χ3n) is 8.24. The highest BCUT2D eigenvalue weighted by atomic mass is 32.1. The van der Waals surface area contributed by atoms with E-state index in [4.69, 9.17) is 33.9 Å². The highest BCUT2D eigenvalue weighted by Crippen LogP contribution is 2.33. The summed E-state index contributed by atoms with van der Waals surface area (Å²) in [5, 5.41) is 57.8. The van der Waals surface area contributed by atoms with Crippen LogP contribution in [0.4, 0.5) is 0 Å². The number of aromatic hydroxyl groups is 3. The largest absolute Gasteiger partial charge is 0.507 e.